The van der Waals surface area contributed by atoms with Gasteiger partial charge < -0.3 is 36.4 Å². The van der Waals surface area contributed by atoms with Crippen molar-refractivity contribution in [3.05, 3.63) is 18.1 Å². The number of anilines is 1. The van der Waals surface area contributed by atoms with E-state index in [1.165, 1.54) is 12.5 Å². The molecule has 0 spiro atoms. The van der Waals surface area contributed by atoms with E-state index in [4.69, 9.17) is 26.1 Å². The Balaban J connectivity index is 1.98. The molecule has 0 unspecified atom stereocenters. The minimum absolute atomic E-state index is 0.0323. The SMILES string of the molecule is NC(=O)c1cn(O[C@@H]2O[C@H](CO)[C@@H](O)[C@H]2O)c2ncnc(N)c12. The molecule has 0 saturated carbocycles. The lowest BCUT2D eigenvalue weighted by Crippen LogP contribution is -2.38. The predicted octanol–water partition coefficient (Wildman–Crippen LogP) is -3.02. The molecule has 0 radical (unpaired) electrons. The first-order valence-corrected chi connectivity index (χ1v) is 6.65. The predicted molar refractivity (Wildman–Crippen MR) is 74.8 cm³/mol. The zero-order valence-corrected chi connectivity index (χ0v) is 11.7. The normalized spacial score (nSPS) is 27.4. The Hall–Kier alpha value is -2.47. The molecule has 0 bridgehead atoms. The molecule has 1 aliphatic rings. The molecular formula is C12H15N5O6. The van der Waals surface area contributed by atoms with Crippen LogP contribution in [-0.4, -0.2) is 67.1 Å². The zero-order chi connectivity index (χ0) is 16.7. The van der Waals surface area contributed by atoms with Gasteiger partial charge in [-0.2, -0.15) is 4.73 Å². The molecule has 124 valence electrons. The van der Waals surface area contributed by atoms with Crippen LogP contribution < -0.4 is 16.3 Å². The number of ether oxygens (including phenoxy) is 1. The molecule has 0 aliphatic carbocycles. The highest BCUT2D eigenvalue weighted by Crippen LogP contribution is 2.25. The van der Waals surface area contributed by atoms with Crippen molar-refractivity contribution < 1.29 is 29.7 Å². The van der Waals surface area contributed by atoms with E-state index in [1.54, 1.807) is 0 Å². The van der Waals surface area contributed by atoms with E-state index < -0.39 is 37.1 Å². The topological polar surface area (TPSA) is 179 Å². The van der Waals surface area contributed by atoms with Crippen LogP contribution in [0.3, 0.4) is 0 Å². The average molecular weight is 325 g/mol. The summed E-state index contributed by atoms with van der Waals surface area (Å²) in [5.74, 6) is -0.729. The first kappa shape index (κ1) is 15.4. The summed E-state index contributed by atoms with van der Waals surface area (Å²) in [5.41, 5.74) is 11.2. The van der Waals surface area contributed by atoms with E-state index in [2.05, 4.69) is 9.97 Å². The number of aliphatic hydroxyl groups excluding tert-OH is 3. The second-order valence-corrected chi connectivity index (χ2v) is 5.00. The van der Waals surface area contributed by atoms with Gasteiger partial charge in [-0.1, -0.05) is 0 Å². The maximum absolute atomic E-state index is 11.5. The number of fused-ring (bicyclic) bond motifs is 1. The maximum atomic E-state index is 11.5. The van der Waals surface area contributed by atoms with Gasteiger partial charge in [0, 0.05) is 0 Å². The number of nitrogens with zero attached hydrogens (tertiary/aromatic N) is 3. The molecule has 2 aromatic rings. The highest BCUT2D eigenvalue weighted by molar-refractivity contribution is 6.08. The number of hydrogen-bond acceptors (Lipinski definition) is 9. The van der Waals surface area contributed by atoms with Crippen LogP contribution in [0.25, 0.3) is 11.0 Å². The van der Waals surface area contributed by atoms with Gasteiger partial charge in [0.05, 0.1) is 23.8 Å². The Morgan fingerprint density at radius 3 is 2.74 bits per heavy atom. The van der Waals surface area contributed by atoms with Gasteiger partial charge in [-0.3, -0.25) is 4.79 Å². The number of aromatic nitrogens is 3. The second kappa shape index (κ2) is 5.62. The summed E-state index contributed by atoms with van der Waals surface area (Å²) in [6.07, 6.45) is -2.60. The largest absolute Gasteiger partial charge is 0.394 e. The standard InChI is InChI=1S/C12H15N5O6/c13-9-6-4(10(14)21)1-17(11(6)16-3-15-9)23-12-8(20)7(19)5(2-18)22-12/h1,3,5,7-8,12,18-20H,2H2,(H2,14,21)(H2,13,15,16)/t5-,7-,8-,12+/m1/s1. The fourth-order valence-corrected chi connectivity index (χ4v) is 2.39. The number of primary amides is 1. The van der Waals surface area contributed by atoms with Crippen molar-refractivity contribution in [2.75, 3.05) is 12.3 Å². The van der Waals surface area contributed by atoms with Crippen LogP contribution in [-0.2, 0) is 4.74 Å². The van der Waals surface area contributed by atoms with E-state index in [0.717, 1.165) is 4.73 Å². The third-order valence-corrected chi connectivity index (χ3v) is 3.56. The lowest BCUT2D eigenvalue weighted by molar-refractivity contribution is -0.168. The molecule has 1 aliphatic heterocycles. The Morgan fingerprint density at radius 2 is 2.13 bits per heavy atom. The van der Waals surface area contributed by atoms with Crippen LogP contribution in [0.2, 0.25) is 0 Å². The number of amides is 1. The molecule has 11 heteroatoms. The lowest BCUT2D eigenvalue weighted by atomic mass is 10.1. The van der Waals surface area contributed by atoms with Gasteiger partial charge in [-0.15, -0.1) is 0 Å². The van der Waals surface area contributed by atoms with Crippen molar-refractivity contribution in [1.82, 2.24) is 14.7 Å². The van der Waals surface area contributed by atoms with Crippen LogP contribution in [0, 0.1) is 0 Å². The molecule has 2 aromatic heterocycles. The van der Waals surface area contributed by atoms with Crippen LogP contribution in [0.1, 0.15) is 10.4 Å². The molecule has 3 rings (SSSR count). The van der Waals surface area contributed by atoms with Crippen molar-refractivity contribution in [2.24, 2.45) is 5.73 Å². The average Bonchev–Trinajstić information content (AvgIpc) is 3.02. The van der Waals surface area contributed by atoms with Gasteiger partial charge >= 0.3 is 0 Å². The molecule has 7 N–H and O–H groups in total. The fraction of sp³-hybridized carbons (Fsp3) is 0.417. The van der Waals surface area contributed by atoms with E-state index in [-0.39, 0.29) is 22.4 Å². The Bertz CT molecular complexity index is 749. The minimum atomic E-state index is -1.40. The van der Waals surface area contributed by atoms with Gasteiger partial charge in [-0.25, -0.2) is 9.97 Å². The number of hydrogen-bond donors (Lipinski definition) is 5. The van der Waals surface area contributed by atoms with Gasteiger partial charge in [0.25, 0.3) is 12.2 Å². The van der Waals surface area contributed by atoms with Gasteiger partial charge in [0.2, 0.25) is 0 Å². The fourth-order valence-electron chi connectivity index (χ4n) is 2.39. The first-order valence-electron chi connectivity index (χ1n) is 6.65. The quantitative estimate of drug-likeness (QED) is 0.391. The summed E-state index contributed by atoms with van der Waals surface area (Å²) in [4.78, 5) is 24.7. The summed E-state index contributed by atoms with van der Waals surface area (Å²) in [7, 11) is 0. The molecule has 23 heavy (non-hydrogen) atoms. The highest BCUT2D eigenvalue weighted by Gasteiger charge is 2.44. The summed E-state index contributed by atoms with van der Waals surface area (Å²) in [6.45, 7) is -0.494. The number of nitrogens with two attached hydrogens (primary N) is 2. The lowest BCUT2D eigenvalue weighted by Gasteiger charge is -2.17. The third kappa shape index (κ3) is 2.45. The van der Waals surface area contributed by atoms with Crippen LogP contribution in [0.15, 0.2) is 12.5 Å². The number of carbonyl (C=O) groups is 1. The van der Waals surface area contributed by atoms with Crippen molar-refractivity contribution in [3.8, 4) is 0 Å². The summed E-state index contributed by atoms with van der Waals surface area (Å²) < 4.78 is 6.25. The monoisotopic (exact) mass is 325 g/mol. The van der Waals surface area contributed by atoms with Crippen molar-refractivity contribution in [3.63, 3.8) is 0 Å². The second-order valence-electron chi connectivity index (χ2n) is 5.00. The summed E-state index contributed by atoms with van der Waals surface area (Å²) >= 11 is 0. The van der Waals surface area contributed by atoms with Gasteiger partial charge in [0.15, 0.2) is 5.65 Å². The molecule has 0 aromatic carbocycles. The molecule has 1 saturated heterocycles. The maximum Gasteiger partial charge on any atom is 0.254 e. The molecule has 3 heterocycles. The number of rotatable bonds is 4. The summed E-state index contributed by atoms with van der Waals surface area (Å²) in [5, 5.41) is 28.9. The molecule has 4 atom stereocenters. The van der Waals surface area contributed by atoms with E-state index in [0.29, 0.717) is 0 Å². The van der Waals surface area contributed by atoms with Gasteiger partial charge in [0.1, 0.15) is 30.5 Å². The Morgan fingerprint density at radius 1 is 1.39 bits per heavy atom. The summed E-state index contributed by atoms with van der Waals surface area (Å²) in [6, 6.07) is 0. The van der Waals surface area contributed by atoms with Crippen molar-refractivity contribution in [1.29, 1.82) is 0 Å². The smallest absolute Gasteiger partial charge is 0.254 e. The van der Waals surface area contributed by atoms with Gasteiger partial charge in [-0.05, 0) is 0 Å². The van der Waals surface area contributed by atoms with Crippen LogP contribution >= 0.6 is 0 Å². The van der Waals surface area contributed by atoms with Crippen molar-refractivity contribution in [2.45, 2.75) is 24.6 Å². The first-order chi connectivity index (χ1) is 10.9. The third-order valence-electron chi connectivity index (χ3n) is 3.56. The van der Waals surface area contributed by atoms with E-state index in [9.17, 15) is 15.0 Å². The Labute approximate surface area is 129 Å². The zero-order valence-electron chi connectivity index (χ0n) is 11.7. The minimum Gasteiger partial charge on any atom is -0.394 e. The molecule has 11 nitrogen and oxygen atoms in total. The number of aliphatic hydroxyl groups is 3. The van der Waals surface area contributed by atoms with E-state index in [1.807, 2.05) is 0 Å². The Kier molecular flexibility index (Phi) is 3.77. The number of carbonyl (C=O) groups excluding carboxylic acids is 1. The molecule has 1 amide bonds. The van der Waals surface area contributed by atoms with E-state index >= 15 is 0 Å². The molecule has 1 fully saturated rings. The molecular weight excluding hydrogens is 310 g/mol. The van der Waals surface area contributed by atoms with Crippen molar-refractivity contribution >= 4 is 22.8 Å². The highest BCUT2D eigenvalue weighted by atomic mass is 16.8. The number of nitrogen functional groups attached to an aromatic ring is 1. The van der Waals surface area contributed by atoms with Crippen LogP contribution in [0.5, 0.6) is 0 Å². The van der Waals surface area contributed by atoms with Crippen LogP contribution in [0.4, 0.5) is 5.82 Å².